The van der Waals surface area contributed by atoms with E-state index in [-0.39, 0.29) is 21.8 Å². The van der Waals surface area contributed by atoms with Crippen LogP contribution in [0.3, 0.4) is 0 Å². The van der Waals surface area contributed by atoms with E-state index in [1.807, 2.05) is 0 Å². The molecule has 0 aliphatic heterocycles. The third kappa shape index (κ3) is 4.62. The lowest BCUT2D eigenvalue weighted by Gasteiger charge is -2.09. The molecular weight excluding hydrogens is 348 g/mol. The maximum Gasteiger partial charge on any atom is 0.314 e. The van der Waals surface area contributed by atoms with Crippen LogP contribution >= 0.6 is 0 Å². The van der Waals surface area contributed by atoms with Crippen LogP contribution in [0.1, 0.15) is 10.4 Å². The van der Waals surface area contributed by atoms with E-state index in [0.29, 0.717) is 0 Å². The number of anilines is 2. The normalized spacial score (nSPS) is 10.8. The van der Waals surface area contributed by atoms with Crippen molar-refractivity contribution in [3.8, 4) is 0 Å². The van der Waals surface area contributed by atoms with Gasteiger partial charge in [-0.1, -0.05) is 12.1 Å². The highest BCUT2D eigenvalue weighted by molar-refractivity contribution is 7.89. The molecule has 0 aliphatic carbocycles. The summed E-state index contributed by atoms with van der Waals surface area (Å²) in [4.78, 5) is 35.0. The smallest absolute Gasteiger partial charge is 0.314 e. The molecule has 0 fully saturated rings. The average molecular weight is 362 g/mol. The van der Waals surface area contributed by atoms with Crippen molar-refractivity contribution in [3.05, 3.63) is 54.1 Å². The molecule has 3 amide bonds. The highest BCUT2D eigenvalue weighted by atomic mass is 32.2. The number of hydrogen-bond acceptors (Lipinski definition) is 5. The Kier molecular flexibility index (Phi) is 5.15. The van der Waals surface area contributed by atoms with E-state index < -0.39 is 27.7 Å². The molecule has 6 N–H and O–H groups in total. The number of nitrogens with two attached hydrogens (primary N) is 2. The first-order chi connectivity index (χ1) is 11.7. The molecule has 130 valence electrons. The zero-order chi connectivity index (χ0) is 18.6. The number of rotatable bonds is 4. The molecule has 25 heavy (non-hydrogen) atoms. The lowest BCUT2D eigenvalue weighted by Crippen LogP contribution is -2.30. The highest BCUT2D eigenvalue weighted by Crippen LogP contribution is 2.15. The van der Waals surface area contributed by atoms with Crippen LogP contribution in [0.15, 0.2) is 53.4 Å². The van der Waals surface area contributed by atoms with Gasteiger partial charge in [0.25, 0.3) is 5.91 Å². The number of benzene rings is 2. The number of carbonyl (C=O) groups is 3. The third-order valence-electron chi connectivity index (χ3n) is 3.09. The van der Waals surface area contributed by atoms with Gasteiger partial charge in [0.1, 0.15) is 0 Å². The summed E-state index contributed by atoms with van der Waals surface area (Å²) in [5.74, 6) is -2.79. The fourth-order valence-corrected chi connectivity index (χ4v) is 2.42. The van der Waals surface area contributed by atoms with Gasteiger partial charge in [-0.2, -0.15) is 0 Å². The molecule has 10 heteroatoms. The molecule has 9 nitrogen and oxygen atoms in total. The van der Waals surface area contributed by atoms with Crippen LogP contribution in [0.5, 0.6) is 0 Å². The first-order valence-corrected chi connectivity index (χ1v) is 8.37. The van der Waals surface area contributed by atoms with E-state index in [2.05, 4.69) is 10.6 Å². The number of nitrogens with one attached hydrogen (secondary N) is 2. The number of sulfonamides is 1. The molecule has 0 radical (unpaired) electrons. The number of carbonyl (C=O) groups excluding carboxylic acids is 3. The second-order valence-electron chi connectivity index (χ2n) is 4.89. The Morgan fingerprint density at radius 3 is 1.96 bits per heavy atom. The van der Waals surface area contributed by atoms with Crippen LogP contribution in [-0.4, -0.2) is 26.1 Å². The van der Waals surface area contributed by atoms with E-state index in [9.17, 15) is 22.8 Å². The van der Waals surface area contributed by atoms with Gasteiger partial charge in [-0.15, -0.1) is 0 Å². The van der Waals surface area contributed by atoms with Gasteiger partial charge in [0.05, 0.1) is 16.1 Å². The largest absolute Gasteiger partial charge is 0.366 e. The van der Waals surface area contributed by atoms with Gasteiger partial charge < -0.3 is 16.4 Å². The second kappa shape index (κ2) is 7.11. The van der Waals surface area contributed by atoms with Crippen LogP contribution < -0.4 is 21.5 Å². The minimum Gasteiger partial charge on any atom is -0.366 e. The van der Waals surface area contributed by atoms with Gasteiger partial charge in [-0.25, -0.2) is 13.6 Å². The molecule has 0 bridgehead atoms. The Morgan fingerprint density at radius 2 is 1.40 bits per heavy atom. The van der Waals surface area contributed by atoms with Crippen molar-refractivity contribution >= 4 is 39.1 Å². The SMILES string of the molecule is NC(=O)c1ccccc1NC(=O)C(=O)Nc1ccc(S(N)(=O)=O)cc1. The van der Waals surface area contributed by atoms with Crippen molar-refractivity contribution in [2.24, 2.45) is 10.9 Å². The highest BCUT2D eigenvalue weighted by Gasteiger charge is 2.17. The molecule has 2 aromatic rings. The van der Waals surface area contributed by atoms with E-state index in [4.69, 9.17) is 10.9 Å². The number of para-hydroxylation sites is 1. The molecule has 0 atom stereocenters. The van der Waals surface area contributed by atoms with Gasteiger partial charge in [-0.05, 0) is 36.4 Å². The molecule has 0 spiro atoms. The summed E-state index contributed by atoms with van der Waals surface area (Å²) in [6.07, 6.45) is 0. The molecule has 0 heterocycles. The fraction of sp³-hybridized carbons (Fsp3) is 0. The summed E-state index contributed by atoms with van der Waals surface area (Å²) in [7, 11) is -3.85. The van der Waals surface area contributed by atoms with Crippen molar-refractivity contribution < 1.29 is 22.8 Å². The first-order valence-electron chi connectivity index (χ1n) is 6.82. The number of amides is 3. The monoisotopic (exact) mass is 362 g/mol. The molecule has 0 saturated heterocycles. The van der Waals surface area contributed by atoms with Gasteiger partial charge in [0.15, 0.2) is 0 Å². The molecule has 0 aromatic heterocycles. The fourth-order valence-electron chi connectivity index (χ4n) is 1.90. The molecule has 2 aromatic carbocycles. The molecular formula is C15H14N4O5S. The summed E-state index contributed by atoms with van der Waals surface area (Å²) in [6, 6.07) is 10.9. The van der Waals surface area contributed by atoms with Crippen molar-refractivity contribution in [1.82, 2.24) is 0 Å². The van der Waals surface area contributed by atoms with Gasteiger partial charge >= 0.3 is 11.8 Å². The van der Waals surface area contributed by atoms with E-state index >= 15 is 0 Å². The van der Waals surface area contributed by atoms with E-state index in [1.165, 1.54) is 36.4 Å². The zero-order valence-corrected chi connectivity index (χ0v) is 13.5. The number of hydrogen-bond donors (Lipinski definition) is 4. The van der Waals surface area contributed by atoms with E-state index in [1.54, 1.807) is 12.1 Å². The summed E-state index contributed by atoms with van der Waals surface area (Å²) in [5, 5.41) is 9.53. The Morgan fingerprint density at radius 1 is 0.840 bits per heavy atom. The average Bonchev–Trinajstić information content (AvgIpc) is 2.54. The van der Waals surface area contributed by atoms with Crippen molar-refractivity contribution in [2.45, 2.75) is 4.90 Å². The van der Waals surface area contributed by atoms with Crippen molar-refractivity contribution in [3.63, 3.8) is 0 Å². The summed E-state index contributed by atoms with van der Waals surface area (Å²) < 4.78 is 22.3. The topological polar surface area (TPSA) is 161 Å². The van der Waals surface area contributed by atoms with Crippen LogP contribution in [0, 0.1) is 0 Å². The Hall–Kier alpha value is -3.24. The van der Waals surface area contributed by atoms with Gasteiger partial charge in [-0.3, -0.25) is 14.4 Å². The van der Waals surface area contributed by atoms with Gasteiger partial charge in [0.2, 0.25) is 10.0 Å². The quantitative estimate of drug-likeness (QED) is 0.562. The molecule has 0 unspecified atom stereocenters. The standard InChI is InChI=1S/C15H14N4O5S/c16-13(20)11-3-1-2-4-12(11)19-15(22)14(21)18-9-5-7-10(8-6-9)25(17,23)24/h1-8H,(H2,16,20)(H,18,21)(H,19,22)(H2,17,23,24). The maximum atomic E-state index is 11.9. The van der Waals surface area contributed by atoms with E-state index in [0.717, 1.165) is 0 Å². The summed E-state index contributed by atoms with van der Waals surface area (Å²) in [6.45, 7) is 0. The Balaban J connectivity index is 2.09. The molecule has 0 aliphatic rings. The predicted octanol–water partition coefficient (Wildman–Crippen LogP) is 0.0101. The minimum absolute atomic E-state index is 0.0566. The second-order valence-corrected chi connectivity index (χ2v) is 6.45. The van der Waals surface area contributed by atoms with Crippen molar-refractivity contribution in [1.29, 1.82) is 0 Å². The Labute approximate surface area is 143 Å². The lowest BCUT2D eigenvalue weighted by atomic mass is 10.1. The maximum absolute atomic E-state index is 11.9. The van der Waals surface area contributed by atoms with Gasteiger partial charge in [0, 0.05) is 5.69 Å². The van der Waals surface area contributed by atoms with Crippen LogP contribution in [0.25, 0.3) is 0 Å². The minimum atomic E-state index is -3.85. The summed E-state index contributed by atoms with van der Waals surface area (Å²) >= 11 is 0. The van der Waals surface area contributed by atoms with Crippen LogP contribution in [0.4, 0.5) is 11.4 Å². The zero-order valence-electron chi connectivity index (χ0n) is 12.7. The lowest BCUT2D eigenvalue weighted by molar-refractivity contribution is -0.133. The number of primary amides is 1. The number of primary sulfonamides is 1. The molecule has 0 saturated carbocycles. The third-order valence-corrected chi connectivity index (χ3v) is 4.02. The van der Waals surface area contributed by atoms with Crippen LogP contribution in [0.2, 0.25) is 0 Å². The Bertz CT molecular complexity index is 939. The van der Waals surface area contributed by atoms with Crippen LogP contribution in [-0.2, 0) is 19.6 Å². The molecule has 2 rings (SSSR count). The van der Waals surface area contributed by atoms with Crippen molar-refractivity contribution in [2.75, 3.05) is 10.6 Å². The first kappa shape index (κ1) is 18.1. The predicted molar refractivity (Wildman–Crippen MR) is 90.0 cm³/mol. The summed E-state index contributed by atoms with van der Waals surface area (Å²) in [5.41, 5.74) is 5.53.